The molecule has 2 aromatic rings. The van der Waals surface area contributed by atoms with Gasteiger partial charge in [0, 0.05) is 0 Å². The summed E-state index contributed by atoms with van der Waals surface area (Å²) in [5, 5.41) is 0. The van der Waals surface area contributed by atoms with Gasteiger partial charge >= 0.3 is 0 Å². The number of benzene rings is 2. The second-order valence-corrected chi connectivity index (χ2v) is 5.69. The van der Waals surface area contributed by atoms with Gasteiger partial charge in [0.25, 0.3) is 0 Å². The molecule has 0 fully saturated rings. The zero-order valence-electron chi connectivity index (χ0n) is 12.5. The summed E-state index contributed by atoms with van der Waals surface area (Å²) < 4.78 is 5.92. The van der Waals surface area contributed by atoms with Crippen molar-refractivity contribution in [1.82, 2.24) is 0 Å². The monoisotopic (exact) mass is 268 g/mol. The molecule has 0 radical (unpaired) electrons. The van der Waals surface area contributed by atoms with Crippen LogP contribution in [0.25, 0.3) is 0 Å². The molecule has 0 unspecified atom stereocenters. The highest BCUT2D eigenvalue weighted by Gasteiger charge is 2.14. The number of hydrogen-bond acceptors (Lipinski definition) is 1. The Bertz CT molecular complexity index is 476. The van der Waals surface area contributed by atoms with Gasteiger partial charge < -0.3 is 4.74 Å². The molecule has 0 heterocycles. The fourth-order valence-electron chi connectivity index (χ4n) is 2.31. The van der Waals surface area contributed by atoms with E-state index in [4.69, 9.17) is 4.74 Å². The van der Waals surface area contributed by atoms with Crippen molar-refractivity contribution in [2.45, 2.75) is 26.9 Å². The van der Waals surface area contributed by atoms with Gasteiger partial charge in [-0.1, -0.05) is 74.5 Å². The summed E-state index contributed by atoms with van der Waals surface area (Å²) in [4.78, 5) is 0. The molecule has 0 aromatic heterocycles. The lowest BCUT2D eigenvalue weighted by atomic mass is 9.90. The topological polar surface area (TPSA) is 9.23 Å². The van der Waals surface area contributed by atoms with Crippen LogP contribution in [-0.4, -0.2) is 6.61 Å². The lowest BCUT2D eigenvalue weighted by Gasteiger charge is -2.21. The number of hydrogen-bond donors (Lipinski definition) is 0. The molecule has 1 atom stereocenters. The Kier molecular flexibility index (Phi) is 5.82. The molecule has 0 amide bonds. The lowest BCUT2D eigenvalue weighted by Crippen LogP contribution is -2.18. The van der Waals surface area contributed by atoms with Gasteiger partial charge in [-0.2, -0.15) is 0 Å². The maximum atomic E-state index is 5.92. The van der Waals surface area contributed by atoms with Gasteiger partial charge in [-0.3, -0.25) is 0 Å². The van der Waals surface area contributed by atoms with E-state index in [0.717, 1.165) is 13.0 Å². The first-order chi connectivity index (χ1) is 9.75. The highest BCUT2D eigenvalue weighted by molar-refractivity contribution is 5.15. The molecule has 0 N–H and O–H groups in total. The normalized spacial score (nSPS) is 12.6. The van der Waals surface area contributed by atoms with E-state index in [1.54, 1.807) is 0 Å². The molecule has 2 rings (SSSR count). The molecule has 0 saturated carbocycles. The van der Waals surface area contributed by atoms with Gasteiger partial charge in [0.05, 0.1) is 13.2 Å². The summed E-state index contributed by atoms with van der Waals surface area (Å²) in [6.07, 6.45) is 1.09. The molecule has 0 saturated heterocycles. The standard InChI is InChI=1S/C19H24O/c1-16(2)19(13-17-9-5-3-6-10-17)15-20-14-18-11-7-4-8-12-18/h3-12,16,19H,13-15H2,1-2H3/t19-/m0/s1. The SMILES string of the molecule is CC(C)[C@H](COCc1ccccc1)Cc1ccccc1. The van der Waals surface area contributed by atoms with E-state index in [1.807, 2.05) is 6.07 Å². The van der Waals surface area contributed by atoms with Crippen LogP contribution in [0.3, 0.4) is 0 Å². The van der Waals surface area contributed by atoms with Crippen molar-refractivity contribution in [2.24, 2.45) is 11.8 Å². The minimum Gasteiger partial charge on any atom is -0.376 e. The minimum atomic E-state index is 0.570. The molecular weight excluding hydrogens is 244 g/mol. The van der Waals surface area contributed by atoms with E-state index in [2.05, 4.69) is 68.4 Å². The van der Waals surface area contributed by atoms with Crippen LogP contribution < -0.4 is 0 Å². The summed E-state index contributed by atoms with van der Waals surface area (Å²) >= 11 is 0. The molecule has 0 aliphatic carbocycles. The van der Waals surface area contributed by atoms with E-state index < -0.39 is 0 Å². The molecular formula is C19H24O. The second-order valence-electron chi connectivity index (χ2n) is 5.69. The zero-order chi connectivity index (χ0) is 14.2. The van der Waals surface area contributed by atoms with E-state index in [9.17, 15) is 0 Å². The van der Waals surface area contributed by atoms with Crippen LogP contribution in [0.15, 0.2) is 60.7 Å². The fraction of sp³-hybridized carbons (Fsp3) is 0.368. The molecule has 1 heteroatoms. The minimum absolute atomic E-state index is 0.570. The highest BCUT2D eigenvalue weighted by Crippen LogP contribution is 2.18. The van der Waals surface area contributed by atoms with Crippen molar-refractivity contribution in [3.63, 3.8) is 0 Å². The Balaban J connectivity index is 1.84. The molecule has 2 aromatic carbocycles. The van der Waals surface area contributed by atoms with Crippen LogP contribution in [0.5, 0.6) is 0 Å². The molecule has 0 bridgehead atoms. The van der Waals surface area contributed by atoms with E-state index >= 15 is 0 Å². The van der Waals surface area contributed by atoms with Crippen LogP contribution in [0.1, 0.15) is 25.0 Å². The molecule has 0 spiro atoms. The zero-order valence-corrected chi connectivity index (χ0v) is 12.5. The van der Waals surface area contributed by atoms with Crippen molar-refractivity contribution < 1.29 is 4.74 Å². The van der Waals surface area contributed by atoms with Gasteiger partial charge in [0.1, 0.15) is 0 Å². The van der Waals surface area contributed by atoms with Crippen LogP contribution in [-0.2, 0) is 17.8 Å². The average Bonchev–Trinajstić information content (AvgIpc) is 2.48. The van der Waals surface area contributed by atoms with E-state index in [1.165, 1.54) is 11.1 Å². The lowest BCUT2D eigenvalue weighted by molar-refractivity contribution is 0.0715. The Morgan fingerprint density at radius 1 is 0.800 bits per heavy atom. The maximum absolute atomic E-state index is 5.92. The predicted octanol–water partition coefficient (Wildman–Crippen LogP) is 4.72. The molecule has 106 valence electrons. The fourth-order valence-corrected chi connectivity index (χ4v) is 2.31. The van der Waals surface area contributed by atoms with Crippen molar-refractivity contribution in [1.29, 1.82) is 0 Å². The van der Waals surface area contributed by atoms with Gasteiger partial charge in [-0.05, 0) is 29.4 Å². The van der Waals surface area contributed by atoms with Crippen LogP contribution >= 0.6 is 0 Å². The average molecular weight is 268 g/mol. The third-order valence-corrected chi connectivity index (χ3v) is 3.73. The van der Waals surface area contributed by atoms with Crippen molar-refractivity contribution in [2.75, 3.05) is 6.61 Å². The van der Waals surface area contributed by atoms with E-state index in [0.29, 0.717) is 18.4 Å². The first-order valence-electron chi connectivity index (χ1n) is 7.41. The third-order valence-electron chi connectivity index (χ3n) is 3.73. The van der Waals surface area contributed by atoms with Crippen molar-refractivity contribution in [3.05, 3.63) is 71.8 Å². The van der Waals surface area contributed by atoms with Crippen LogP contribution in [0, 0.1) is 11.8 Å². The molecule has 0 aliphatic heterocycles. The molecule has 1 nitrogen and oxygen atoms in total. The largest absolute Gasteiger partial charge is 0.376 e. The smallest absolute Gasteiger partial charge is 0.0717 e. The van der Waals surface area contributed by atoms with Gasteiger partial charge in [-0.15, -0.1) is 0 Å². The summed E-state index contributed by atoms with van der Waals surface area (Å²) in [6, 6.07) is 21.1. The second kappa shape index (κ2) is 7.86. The Morgan fingerprint density at radius 2 is 1.35 bits per heavy atom. The third kappa shape index (κ3) is 4.82. The van der Waals surface area contributed by atoms with Crippen molar-refractivity contribution in [3.8, 4) is 0 Å². The number of rotatable bonds is 7. The summed E-state index contributed by atoms with van der Waals surface area (Å²) in [7, 11) is 0. The van der Waals surface area contributed by atoms with Crippen LogP contribution in [0.2, 0.25) is 0 Å². The predicted molar refractivity (Wildman–Crippen MR) is 84.6 cm³/mol. The van der Waals surface area contributed by atoms with Gasteiger partial charge in [0.15, 0.2) is 0 Å². The van der Waals surface area contributed by atoms with Gasteiger partial charge in [-0.25, -0.2) is 0 Å². The first-order valence-corrected chi connectivity index (χ1v) is 7.41. The Morgan fingerprint density at radius 3 is 1.90 bits per heavy atom. The molecule has 20 heavy (non-hydrogen) atoms. The first kappa shape index (κ1) is 14.8. The van der Waals surface area contributed by atoms with E-state index in [-0.39, 0.29) is 0 Å². The maximum Gasteiger partial charge on any atom is 0.0717 e. The number of ether oxygens (including phenoxy) is 1. The summed E-state index contributed by atoms with van der Waals surface area (Å²) in [5.41, 5.74) is 2.64. The summed E-state index contributed by atoms with van der Waals surface area (Å²) in [5.74, 6) is 1.20. The summed E-state index contributed by atoms with van der Waals surface area (Å²) in [6.45, 7) is 6.08. The van der Waals surface area contributed by atoms with Crippen LogP contribution in [0.4, 0.5) is 0 Å². The Hall–Kier alpha value is -1.60. The highest BCUT2D eigenvalue weighted by atomic mass is 16.5. The Labute approximate surface area is 122 Å². The van der Waals surface area contributed by atoms with Gasteiger partial charge in [0.2, 0.25) is 0 Å². The molecule has 0 aliphatic rings. The quantitative estimate of drug-likeness (QED) is 0.706. The van der Waals surface area contributed by atoms with Crippen molar-refractivity contribution >= 4 is 0 Å².